The van der Waals surface area contributed by atoms with Crippen LogP contribution in [0.2, 0.25) is 0 Å². The molecule has 0 radical (unpaired) electrons. The van der Waals surface area contributed by atoms with Crippen molar-refractivity contribution in [2.24, 2.45) is 0 Å². The van der Waals surface area contributed by atoms with Crippen LogP contribution in [-0.4, -0.2) is 28.5 Å². The minimum absolute atomic E-state index is 0.856. The first-order valence-corrected chi connectivity index (χ1v) is 9.02. The summed E-state index contributed by atoms with van der Waals surface area (Å²) < 4.78 is 0. The summed E-state index contributed by atoms with van der Waals surface area (Å²) in [6.07, 6.45) is 6.11. The van der Waals surface area contributed by atoms with E-state index in [-0.39, 0.29) is 0 Å². The molecule has 0 spiro atoms. The van der Waals surface area contributed by atoms with Gasteiger partial charge in [-0.1, -0.05) is 36.4 Å². The second-order valence-electron chi connectivity index (χ2n) is 6.86. The lowest BCUT2D eigenvalue weighted by Crippen LogP contribution is -2.20. The van der Waals surface area contributed by atoms with Crippen molar-refractivity contribution in [1.82, 2.24) is 15.0 Å². The fourth-order valence-electron chi connectivity index (χ4n) is 3.67. The second kappa shape index (κ2) is 5.99. The average molecular weight is 340 g/mol. The number of aromatic nitrogens is 3. The molecule has 1 N–H and O–H groups in total. The highest BCUT2D eigenvalue weighted by atomic mass is 15.1. The van der Waals surface area contributed by atoms with Gasteiger partial charge in [-0.2, -0.15) is 0 Å². The molecular weight excluding hydrogens is 320 g/mol. The zero-order valence-electron chi connectivity index (χ0n) is 14.7. The Balaban J connectivity index is 1.43. The van der Waals surface area contributed by atoms with E-state index in [0.29, 0.717) is 0 Å². The van der Waals surface area contributed by atoms with E-state index in [9.17, 15) is 0 Å². The molecule has 3 heterocycles. The van der Waals surface area contributed by atoms with Crippen LogP contribution in [-0.2, 0) is 12.8 Å². The van der Waals surface area contributed by atoms with Gasteiger partial charge in [-0.3, -0.25) is 4.98 Å². The van der Waals surface area contributed by atoms with E-state index in [1.165, 1.54) is 16.6 Å². The quantitative estimate of drug-likeness (QED) is 0.603. The van der Waals surface area contributed by atoms with Crippen molar-refractivity contribution < 1.29 is 0 Å². The lowest BCUT2D eigenvalue weighted by molar-refractivity contribution is 0.866. The number of aromatic amines is 1. The summed E-state index contributed by atoms with van der Waals surface area (Å²) in [5, 5.41) is 1.18. The Kier molecular flexibility index (Phi) is 3.49. The Labute approximate surface area is 152 Å². The third-order valence-corrected chi connectivity index (χ3v) is 5.07. The minimum Gasteiger partial charge on any atom is -0.370 e. The van der Waals surface area contributed by atoms with Crippen LogP contribution in [0.25, 0.3) is 28.0 Å². The van der Waals surface area contributed by atoms with Crippen LogP contribution in [0.3, 0.4) is 0 Å². The highest BCUT2D eigenvalue weighted by Crippen LogP contribution is 2.31. The standard InChI is InChI=1S/C22H20N4/c1-26-14-4-6-17-20(26)12-11-19-22(17)25-21(24-19)13-10-16-9-8-15-5-2-3-7-18(15)23-16/h2-9,11-12H,10,13-14H2,1H3,(H,24,25). The van der Waals surface area contributed by atoms with Crippen LogP contribution in [0, 0.1) is 0 Å². The molecule has 0 aliphatic carbocycles. The first-order valence-electron chi connectivity index (χ1n) is 9.02. The summed E-state index contributed by atoms with van der Waals surface area (Å²) in [5.41, 5.74) is 6.77. The maximum Gasteiger partial charge on any atom is 0.107 e. The molecule has 0 bridgehead atoms. The molecule has 128 valence electrons. The Bertz CT molecular complexity index is 1140. The Morgan fingerprint density at radius 1 is 1.00 bits per heavy atom. The van der Waals surface area contributed by atoms with E-state index in [2.05, 4.69) is 65.5 Å². The molecule has 0 atom stereocenters. The lowest BCUT2D eigenvalue weighted by atomic mass is 10.1. The van der Waals surface area contributed by atoms with Gasteiger partial charge in [-0.25, -0.2) is 4.98 Å². The van der Waals surface area contributed by atoms with Crippen molar-refractivity contribution in [2.45, 2.75) is 12.8 Å². The number of imidazole rings is 1. The number of fused-ring (bicyclic) bond motifs is 4. The largest absolute Gasteiger partial charge is 0.370 e. The predicted molar refractivity (Wildman–Crippen MR) is 108 cm³/mol. The number of pyridine rings is 1. The molecule has 0 saturated carbocycles. The summed E-state index contributed by atoms with van der Waals surface area (Å²) in [6.45, 7) is 0.948. The topological polar surface area (TPSA) is 44.8 Å². The van der Waals surface area contributed by atoms with Gasteiger partial charge in [0.15, 0.2) is 0 Å². The van der Waals surface area contributed by atoms with E-state index < -0.39 is 0 Å². The van der Waals surface area contributed by atoms with Crippen molar-refractivity contribution >= 4 is 33.7 Å². The molecule has 2 aromatic heterocycles. The minimum atomic E-state index is 0.856. The number of rotatable bonds is 3. The lowest BCUT2D eigenvalue weighted by Gasteiger charge is -2.23. The highest BCUT2D eigenvalue weighted by molar-refractivity contribution is 5.92. The average Bonchev–Trinajstić information content (AvgIpc) is 3.10. The molecule has 1 aliphatic heterocycles. The molecule has 5 rings (SSSR count). The smallest absolute Gasteiger partial charge is 0.107 e. The third-order valence-electron chi connectivity index (χ3n) is 5.07. The zero-order valence-corrected chi connectivity index (χ0v) is 14.7. The van der Waals surface area contributed by atoms with Crippen LogP contribution >= 0.6 is 0 Å². The number of nitrogens with zero attached hydrogens (tertiary/aromatic N) is 3. The van der Waals surface area contributed by atoms with Crippen LogP contribution in [0.1, 0.15) is 17.1 Å². The molecule has 0 saturated heterocycles. The van der Waals surface area contributed by atoms with Crippen molar-refractivity contribution in [2.75, 3.05) is 18.5 Å². The molecule has 26 heavy (non-hydrogen) atoms. The summed E-state index contributed by atoms with van der Waals surface area (Å²) in [5.74, 6) is 1.02. The Hall–Kier alpha value is -3.14. The summed E-state index contributed by atoms with van der Waals surface area (Å²) >= 11 is 0. The van der Waals surface area contributed by atoms with Gasteiger partial charge in [-0.15, -0.1) is 0 Å². The Morgan fingerprint density at radius 3 is 2.88 bits per heavy atom. The van der Waals surface area contributed by atoms with Crippen LogP contribution in [0.15, 0.2) is 54.6 Å². The summed E-state index contributed by atoms with van der Waals surface area (Å²) in [6, 6.07) is 16.8. The van der Waals surface area contributed by atoms with Gasteiger partial charge in [0.1, 0.15) is 5.82 Å². The summed E-state index contributed by atoms with van der Waals surface area (Å²) in [4.78, 5) is 15.4. The van der Waals surface area contributed by atoms with Crippen LogP contribution < -0.4 is 4.90 Å². The van der Waals surface area contributed by atoms with E-state index >= 15 is 0 Å². The monoisotopic (exact) mass is 340 g/mol. The van der Waals surface area contributed by atoms with Crippen LogP contribution in [0.4, 0.5) is 5.69 Å². The third kappa shape index (κ3) is 2.54. The van der Waals surface area contributed by atoms with Crippen molar-refractivity contribution in [3.63, 3.8) is 0 Å². The van der Waals surface area contributed by atoms with E-state index in [1.807, 2.05) is 12.1 Å². The molecular formula is C22H20N4. The highest BCUT2D eigenvalue weighted by Gasteiger charge is 2.15. The molecule has 2 aromatic carbocycles. The summed E-state index contributed by atoms with van der Waals surface area (Å²) in [7, 11) is 2.12. The van der Waals surface area contributed by atoms with Crippen molar-refractivity contribution in [3.8, 4) is 0 Å². The fourth-order valence-corrected chi connectivity index (χ4v) is 3.67. The number of nitrogens with one attached hydrogen (secondary N) is 1. The fraction of sp³-hybridized carbons (Fsp3) is 0.182. The van der Waals surface area contributed by atoms with Gasteiger partial charge in [0.2, 0.25) is 0 Å². The number of anilines is 1. The van der Waals surface area contributed by atoms with Gasteiger partial charge in [-0.05, 0) is 30.7 Å². The van der Waals surface area contributed by atoms with Crippen LogP contribution in [0.5, 0.6) is 0 Å². The second-order valence-corrected chi connectivity index (χ2v) is 6.86. The molecule has 0 fully saturated rings. The SMILES string of the molecule is CN1CC=Cc2c1ccc1[nH]c(CCc3ccc4ccccc4n3)nc21. The number of aryl methyl sites for hydroxylation is 2. The number of likely N-dealkylation sites (N-methyl/N-ethyl adjacent to an activating group) is 1. The molecule has 4 aromatic rings. The maximum atomic E-state index is 4.88. The molecule has 1 aliphatic rings. The number of hydrogen-bond donors (Lipinski definition) is 1. The molecule has 4 heteroatoms. The predicted octanol–water partition coefficient (Wildman–Crippen LogP) is 4.36. The number of benzene rings is 2. The first-order chi connectivity index (χ1) is 12.8. The van der Waals surface area contributed by atoms with E-state index in [4.69, 9.17) is 9.97 Å². The van der Waals surface area contributed by atoms with Gasteiger partial charge in [0.05, 0.1) is 16.6 Å². The van der Waals surface area contributed by atoms with Gasteiger partial charge >= 0.3 is 0 Å². The first kappa shape index (κ1) is 15.1. The maximum absolute atomic E-state index is 4.88. The number of hydrogen-bond acceptors (Lipinski definition) is 3. The van der Waals surface area contributed by atoms with Gasteiger partial charge < -0.3 is 9.88 Å². The number of para-hydroxylation sites is 1. The van der Waals surface area contributed by atoms with Crippen molar-refractivity contribution in [3.05, 3.63) is 71.7 Å². The normalized spacial score (nSPS) is 13.5. The molecule has 4 nitrogen and oxygen atoms in total. The molecule has 0 amide bonds. The zero-order chi connectivity index (χ0) is 17.5. The van der Waals surface area contributed by atoms with E-state index in [0.717, 1.165) is 47.5 Å². The van der Waals surface area contributed by atoms with Gasteiger partial charge in [0, 0.05) is 42.3 Å². The van der Waals surface area contributed by atoms with Gasteiger partial charge in [0.25, 0.3) is 0 Å². The Morgan fingerprint density at radius 2 is 1.92 bits per heavy atom. The van der Waals surface area contributed by atoms with Crippen molar-refractivity contribution in [1.29, 1.82) is 0 Å². The number of H-pyrrole nitrogens is 1. The van der Waals surface area contributed by atoms with E-state index in [1.54, 1.807) is 0 Å². The molecule has 0 unspecified atom stereocenters.